The quantitative estimate of drug-likeness (QED) is 0.676. The van der Waals surface area contributed by atoms with Crippen molar-refractivity contribution in [2.75, 3.05) is 18.4 Å². The van der Waals surface area contributed by atoms with E-state index < -0.39 is 10.0 Å². The number of benzene rings is 2. The molecule has 1 aliphatic rings. The normalized spacial score (nSPS) is 15.6. The van der Waals surface area contributed by atoms with Crippen molar-refractivity contribution < 1.29 is 13.2 Å². The van der Waals surface area contributed by atoms with Gasteiger partial charge >= 0.3 is 0 Å². The molecule has 0 aliphatic carbocycles. The van der Waals surface area contributed by atoms with E-state index in [4.69, 9.17) is 0 Å². The van der Waals surface area contributed by atoms with Crippen molar-refractivity contribution in [3.8, 4) is 0 Å². The number of pyridine rings is 1. The number of nitrogens with zero attached hydrogens (tertiary/aromatic N) is 2. The molecule has 1 aliphatic heterocycles. The van der Waals surface area contributed by atoms with Crippen LogP contribution < -0.4 is 5.32 Å². The van der Waals surface area contributed by atoms with Gasteiger partial charge in [-0.2, -0.15) is 4.31 Å². The Morgan fingerprint density at radius 3 is 2.53 bits per heavy atom. The average molecular weight is 424 g/mol. The number of sulfonamides is 1. The number of amides is 1. The molecule has 2 heterocycles. The Kier molecular flexibility index (Phi) is 5.83. The van der Waals surface area contributed by atoms with Crippen LogP contribution in [0.1, 0.15) is 41.6 Å². The van der Waals surface area contributed by atoms with Gasteiger partial charge in [0, 0.05) is 35.9 Å². The zero-order valence-electron chi connectivity index (χ0n) is 17.0. The number of rotatable bonds is 4. The van der Waals surface area contributed by atoms with Crippen LogP contribution in [0, 0.1) is 6.92 Å². The molecule has 0 unspecified atom stereocenters. The first-order valence-electron chi connectivity index (χ1n) is 10.2. The van der Waals surface area contributed by atoms with Crippen LogP contribution in [0.4, 0.5) is 5.69 Å². The lowest BCUT2D eigenvalue weighted by atomic mass is 10.1. The van der Waals surface area contributed by atoms with E-state index in [0.29, 0.717) is 29.9 Å². The van der Waals surface area contributed by atoms with Gasteiger partial charge in [0.1, 0.15) is 0 Å². The molecule has 2 aromatic carbocycles. The first kappa shape index (κ1) is 20.5. The largest absolute Gasteiger partial charge is 0.322 e. The number of carbonyl (C=O) groups excluding carboxylic acids is 1. The number of hydrogen-bond donors (Lipinski definition) is 1. The molecule has 156 valence electrons. The fourth-order valence-corrected chi connectivity index (χ4v) is 5.64. The predicted octanol–water partition coefficient (Wildman–Crippen LogP) is 4.36. The van der Waals surface area contributed by atoms with Crippen LogP contribution in [0.25, 0.3) is 10.9 Å². The van der Waals surface area contributed by atoms with Crippen LogP contribution in [0.3, 0.4) is 0 Å². The van der Waals surface area contributed by atoms with Crippen molar-refractivity contribution in [2.45, 2.75) is 37.5 Å². The van der Waals surface area contributed by atoms with Crippen LogP contribution in [0.15, 0.2) is 59.6 Å². The van der Waals surface area contributed by atoms with E-state index in [9.17, 15) is 13.2 Å². The highest BCUT2D eigenvalue weighted by atomic mass is 32.2. The molecule has 4 rings (SSSR count). The minimum atomic E-state index is -3.60. The van der Waals surface area contributed by atoms with Gasteiger partial charge in [-0.15, -0.1) is 0 Å². The van der Waals surface area contributed by atoms with E-state index in [1.54, 1.807) is 53.8 Å². The summed E-state index contributed by atoms with van der Waals surface area (Å²) in [6.07, 6.45) is 5.56. The Hall–Kier alpha value is -2.77. The molecule has 0 bridgehead atoms. The van der Waals surface area contributed by atoms with E-state index in [0.717, 1.165) is 36.6 Å². The molecule has 0 atom stereocenters. The molecule has 7 heteroatoms. The summed E-state index contributed by atoms with van der Waals surface area (Å²) in [5.41, 5.74) is 2.36. The predicted molar refractivity (Wildman–Crippen MR) is 118 cm³/mol. The smallest absolute Gasteiger partial charge is 0.256 e. The van der Waals surface area contributed by atoms with Crippen molar-refractivity contribution in [1.29, 1.82) is 0 Å². The maximum atomic E-state index is 13.2. The molecule has 1 aromatic heterocycles. The van der Waals surface area contributed by atoms with E-state index >= 15 is 0 Å². The molecular weight excluding hydrogens is 398 g/mol. The highest BCUT2D eigenvalue weighted by Crippen LogP contribution is 2.26. The highest BCUT2D eigenvalue weighted by molar-refractivity contribution is 7.89. The molecule has 1 N–H and O–H groups in total. The molecule has 1 fully saturated rings. The second-order valence-corrected chi connectivity index (χ2v) is 9.53. The van der Waals surface area contributed by atoms with E-state index in [-0.39, 0.29) is 10.8 Å². The number of carbonyl (C=O) groups is 1. The Morgan fingerprint density at radius 1 is 1.00 bits per heavy atom. The van der Waals surface area contributed by atoms with Crippen LogP contribution in [0.5, 0.6) is 0 Å². The van der Waals surface area contributed by atoms with Gasteiger partial charge in [0.05, 0.1) is 10.4 Å². The minimum absolute atomic E-state index is 0.252. The third-order valence-electron chi connectivity index (χ3n) is 5.52. The summed E-state index contributed by atoms with van der Waals surface area (Å²) in [4.78, 5) is 17.5. The van der Waals surface area contributed by atoms with Gasteiger partial charge in [-0.25, -0.2) is 8.42 Å². The fraction of sp³-hybridized carbons (Fsp3) is 0.304. The van der Waals surface area contributed by atoms with Crippen molar-refractivity contribution in [1.82, 2.24) is 9.29 Å². The number of nitrogens with one attached hydrogen (secondary N) is 1. The first-order valence-corrected chi connectivity index (χ1v) is 11.7. The third-order valence-corrected chi connectivity index (χ3v) is 7.56. The van der Waals surface area contributed by atoms with Crippen molar-refractivity contribution in [2.24, 2.45) is 0 Å². The molecule has 0 spiro atoms. The number of hydrogen-bond acceptors (Lipinski definition) is 4. The maximum Gasteiger partial charge on any atom is 0.256 e. The SMILES string of the molecule is Cc1ccc(NC(=O)c2cccc3ncccc23)cc1S(=O)(=O)N1CCCCCC1. The Bertz CT molecular complexity index is 1180. The summed E-state index contributed by atoms with van der Waals surface area (Å²) in [5, 5.41) is 3.61. The van der Waals surface area contributed by atoms with E-state index in [2.05, 4.69) is 10.3 Å². The summed E-state index contributed by atoms with van der Waals surface area (Å²) in [6.45, 7) is 2.87. The first-order chi connectivity index (χ1) is 14.5. The summed E-state index contributed by atoms with van der Waals surface area (Å²) in [5.74, 6) is -0.296. The third kappa shape index (κ3) is 4.08. The Balaban J connectivity index is 1.64. The number of aromatic nitrogens is 1. The molecular formula is C23H25N3O3S. The van der Waals surface area contributed by atoms with Crippen LogP contribution in [0.2, 0.25) is 0 Å². The molecule has 0 saturated carbocycles. The zero-order valence-corrected chi connectivity index (χ0v) is 17.8. The minimum Gasteiger partial charge on any atom is -0.322 e. The van der Waals surface area contributed by atoms with Gasteiger partial charge in [-0.3, -0.25) is 9.78 Å². The molecule has 3 aromatic rings. The highest BCUT2D eigenvalue weighted by Gasteiger charge is 2.27. The molecule has 30 heavy (non-hydrogen) atoms. The van der Waals surface area contributed by atoms with Gasteiger partial charge in [0.25, 0.3) is 5.91 Å². The maximum absolute atomic E-state index is 13.2. The Labute approximate surface area is 177 Å². The molecule has 0 radical (unpaired) electrons. The van der Waals surface area contributed by atoms with Crippen LogP contribution >= 0.6 is 0 Å². The molecule has 1 amide bonds. The lowest BCUT2D eigenvalue weighted by molar-refractivity contribution is 0.102. The summed E-state index contributed by atoms with van der Waals surface area (Å²) in [6, 6.07) is 14.1. The Morgan fingerprint density at radius 2 is 1.77 bits per heavy atom. The van der Waals surface area contributed by atoms with Gasteiger partial charge in [0.2, 0.25) is 10.0 Å². The number of aryl methyl sites for hydroxylation is 1. The zero-order chi connectivity index (χ0) is 21.1. The van der Waals surface area contributed by atoms with E-state index in [1.807, 2.05) is 12.1 Å². The monoisotopic (exact) mass is 423 g/mol. The lowest BCUT2D eigenvalue weighted by Gasteiger charge is -2.21. The van der Waals surface area contributed by atoms with Gasteiger partial charge in [-0.05, 0) is 55.7 Å². The van der Waals surface area contributed by atoms with Crippen LogP contribution in [-0.4, -0.2) is 36.7 Å². The van der Waals surface area contributed by atoms with Gasteiger partial charge < -0.3 is 5.32 Å². The van der Waals surface area contributed by atoms with Crippen molar-refractivity contribution in [3.63, 3.8) is 0 Å². The lowest BCUT2D eigenvalue weighted by Crippen LogP contribution is -2.32. The number of anilines is 1. The van der Waals surface area contributed by atoms with Gasteiger partial charge in [0.15, 0.2) is 0 Å². The van der Waals surface area contributed by atoms with Crippen molar-refractivity contribution >= 4 is 32.5 Å². The van der Waals surface area contributed by atoms with E-state index in [1.165, 1.54) is 0 Å². The topological polar surface area (TPSA) is 79.4 Å². The fourth-order valence-electron chi connectivity index (χ4n) is 3.88. The number of fused-ring (bicyclic) bond motifs is 1. The second kappa shape index (κ2) is 8.53. The summed E-state index contributed by atoms with van der Waals surface area (Å²) in [7, 11) is -3.60. The molecule has 6 nitrogen and oxygen atoms in total. The molecule has 1 saturated heterocycles. The standard InChI is InChI=1S/C23H25N3O3S/c1-17-11-12-18(16-22(17)30(28,29)26-14-4-2-3-5-15-26)25-23(27)20-8-6-10-21-19(20)9-7-13-24-21/h6-13,16H,2-5,14-15H2,1H3,(H,25,27). The second-order valence-electron chi connectivity index (χ2n) is 7.63. The van der Waals surface area contributed by atoms with Gasteiger partial charge in [-0.1, -0.05) is 31.0 Å². The summed E-state index contributed by atoms with van der Waals surface area (Å²) >= 11 is 0. The van der Waals surface area contributed by atoms with Crippen LogP contribution in [-0.2, 0) is 10.0 Å². The van der Waals surface area contributed by atoms with Crippen molar-refractivity contribution in [3.05, 3.63) is 65.9 Å². The average Bonchev–Trinajstić information content (AvgIpc) is 3.05. The summed E-state index contributed by atoms with van der Waals surface area (Å²) < 4.78 is 28.1.